The first-order chi connectivity index (χ1) is 10.0. The van der Waals surface area contributed by atoms with E-state index in [4.69, 9.17) is 4.74 Å². The molecule has 0 aromatic heterocycles. The monoisotopic (exact) mass is 293 g/mol. The molecule has 1 saturated carbocycles. The first-order valence-electron chi connectivity index (χ1n) is 6.87. The lowest BCUT2D eigenvalue weighted by Crippen LogP contribution is -2.38. The average molecular weight is 293 g/mol. The van der Waals surface area contributed by atoms with Gasteiger partial charge in [0.15, 0.2) is 5.75 Å². The van der Waals surface area contributed by atoms with Crippen molar-refractivity contribution in [2.75, 3.05) is 20.6 Å². The van der Waals surface area contributed by atoms with Crippen LogP contribution in [0.4, 0.5) is 5.69 Å². The molecule has 0 heterocycles. The largest absolute Gasteiger partial charge is 0.483 e. The van der Waals surface area contributed by atoms with Crippen molar-refractivity contribution < 1.29 is 14.5 Å². The molecule has 7 heteroatoms. The van der Waals surface area contributed by atoms with Crippen LogP contribution >= 0.6 is 0 Å². The molecule has 0 radical (unpaired) electrons. The van der Waals surface area contributed by atoms with E-state index in [0.717, 1.165) is 19.4 Å². The third kappa shape index (κ3) is 3.49. The van der Waals surface area contributed by atoms with Crippen molar-refractivity contribution >= 4 is 11.6 Å². The van der Waals surface area contributed by atoms with E-state index >= 15 is 0 Å². The quantitative estimate of drug-likeness (QED) is 0.609. The molecule has 114 valence electrons. The summed E-state index contributed by atoms with van der Waals surface area (Å²) in [5, 5.41) is 16.7. The Morgan fingerprint density at radius 1 is 1.43 bits per heavy atom. The number of nitrogens with one attached hydrogen (secondary N) is 2. The zero-order valence-electron chi connectivity index (χ0n) is 12.1. The lowest BCUT2D eigenvalue weighted by atomic mass is 9.82. The van der Waals surface area contributed by atoms with Gasteiger partial charge in [0, 0.05) is 18.7 Å². The third-order valence-corrected chi connectivity index (χ3v) is 3.62. The van der Waals surface area contributed by atoms with Crippen LogP contribution in [0.5, 0.6) is 5.75 Å². The minimum atomic E-state index is -0.522. The topological polar surface area (TPSA) is 93.5 Å². The van der Waals surface area contributed by atoms with E-state index in [0.29, 0.717) is 5.92 Å². The smallest absolute Gasteiger partial charge is 0.311 e. The Kier molecular flexibility index (Phi) is 4.74. The first kappa shape index (κ1) is 15.2. The van der Waals surface area contributed by atoms with Crippen LogP contribution in [-0.4, -0.2) is 37.6 Å². The number of hydrogen-bond donors (Lipinski definition) is 2. The number of carbonyl (C=O) groups excluding carboxylic acids is 1. The van der Waals surface area contributed by atoms with Gasteiger partial charge in [-0.25, -0.2) is 0 Å². The highest BCUT2D eigenvalue weighted by Gasteiger charge is 2.32. The number of benzene rings is 1. The number of ether oxygens (including phenoxy) is 1. The Morgan fingerprint density at radius 3 is 2.71 bits per heavy atom. The molecule has 0 aliphatic heterocycles. The van der Waals surface area contributed by atoms with Crippen molar-refractivity contribution in [1.82, 2.24) is 10.6 Å². The molecule has 2 rings (SSSR count). The highest BCUT2D eigenvalue weighted by molar-refractivity contribution is 5.94. The summed E-state index contributed by atoms with van der Waals surface area (Å²) in [6.07, 6.45) is 1.78. The molecule has 1 aromatic carbocycles. The van der Waals surface area contributed by atoms with Crippen molar-refractivity contribution in [3.8, 4) is 5.75 Å². The van der Waals surface area contributed by atoms with E-state index in [9.17, 15) is 14.9 Å². The van der Waals surface area contributed by atoms with Gasteiger partial charge in [-0.15, -0.1) is 0 Å². The van der Waals surface area contributed by atoms with Gasteiger partial charge in [-0.2, -0.15) is 0 Å². The van der Waals surface area contributed by atoms with Crippen LogP contribution in [0, 0.1) is 16.0 Å². The molecular weight excluding hydrogens is 274 g/mol. The minimum absolute atomic E-state index is 0.00732. The number of carbonyl (C=O) groups is 1. The molecular formula is C14H19N3O4. The third-order valence-electron chi connectivity index (χ3n) is 3.62. The van der Waals surface area contributed by atoms with Gasteiger partial charge in [-0.05, 0) is 44.5 Å². The van der Waals surface area contributed by atoms with Gasteiger partial charge in [-0.3, -0.25) is 14.9 Å². The number of nitro groups is 1. The second-order valence-electron chi connectivity index (χ2n) is 5.15. The van der Waals surface area contributed by atoms with Crippen molar-refractivity contribution in [3.63, 3.8) is 0 Å². The van der Waals surface area contributed by atoms with Gasteiger partial charge in [0.05, 0.1) is 11.0 Å². The molecule has 2 N–H and O–H groups in total. The Bertz CT molecular complexity index is 541. The molecule has 0 atom stereocenters. The van der Waals surface area contributed by atoms with E-state index in [1.165, 1.54) is 25.2 Å². The van der Waals surface area contributed by atoms with E-state index < -0.39 is 4.92 Å². The summed E-state index contributed by atoms with van der Waals surface area (Å²) in [6, 6.07) is 4.27. The highest BCUT2D eigenvalue weighted by atomic mass is 16.6. The molecule has 1 amide bonds. The van der Waals surface area contributed by atoms with Crippen molar-refractivity contribution in [3.05, 3.63) is 33.9 Å². The molecule has 21 heavy (non-hydrogen) atoms. The van der Waals surface area contributed by atoms with Crippen molar-refractivity contribution in [1.29, 1.82) is 0 Å². The molecule has 1 fully saturated rings. The van der Waals surface area contributed by atoms with Gasteiger partial charge in [0.2, 0.25) is 0 Å². The van der Waals surface area contributed by atoms with Crippen LogP contribution in [0.25, 0.3) is 0 Å². The summed E-state index contributed by atoms with van der Waals surface area (Å²) in [4.78, 5) is 22.1. The average Bonchev–Trinajstić information content (AvgIpc) is 2.44. The van der Waals surface area contributed by atoms with E-state index in [2.05, 4.69) is 10.6 Å². The lowest BCUT2D eigenvalue weighted by Gasteiger charge is -2.35. The maximum Gasteiger partial charge on any atom is 0.311 e. The Hall–Kier alpha value is -2.15. The summed E-state index contributed by atoms with van der Waals surface area (Å²) in [7, 11) is 3.38. The van der Waals surface area contributed by atoms with Crippen LogP contribution in [0.2, 0.25) is 0 Å². The fourth-order valence-electron chi connectivity index (χ4n) is 2.45. The zero-order valence-corrected chi connectivity index (χ0v) is 12.1. The SMILES string of the molecule is CNCC1CC(Oc2ccc(C(=O)NC)cc2[N+](=O)[O-])C1. The number of rotatable bonds is 6. The van der Waals surface area contributed by atoms with Crippen LogP contribution in [0.3, 0.4) is 0 Å². The fourth-order valence-corrected chi connectivity index (χ4v) is 2.45. The summed E-state index contributed by atoms with van der Waals surface area (Å²) >= 11 is 0. The minimum Gasteiger partial charge on any atom is -0.483 e. The summed E-state index contributed by atoms with van der Waals surface area (Å²) < 4.78 is 5.69. The molecule has 0 unspecified atom stereocenters. The summed E-state index contributed by atoms with van der Waals surface area (Å²) in [5.41, 5.74) is 0.0754. The molecule has 1 aliphatic carbocycles. The van der Waals surface area contributed by atoms with Gasteiger partial charge in [0.25, 0.3) is 5.91 Å². The predicted molar refractivity (Wildman–Crippen MR) is 77.6 cm³/mol. The Balaban J connectivity index is 2.09. The highest BCUT2D eigenvalue weighted by Crippen LogP contribution is 2.35. The summed E-state index contributed by atoms with van der Waals surface area (Å²) in [5.74, 6) is 0.423. The maximum atomic E-state index is 11.5. The van der Waals surface area contributed by atoms with Crippen LogP contribution in [0.1, 0.15) is 23.2 Å². The van der Waals surface area contributed by atoms with E-state index in [1.54, 1.807) is 0 Å². The fraction of sp³-hybridized carbons (Fsp3) is 0.500. The van der Waals surface area contributed by atoms with Gasteiger partial charge in [-0.1, -0.05) is 0 Å². The van der Waals surface area contributed by atoms with Crippen LogP contribution < -0.4 is 15.4 Å². The predicted octanol–water partition coefficient (Wildman–Crippen LogP) is 1.33. The second kappa shape index (κ2) is 6.53. The van der Waals surface area contributed by atoms with E-state index in [1.807, 2.05) is 7.05 Å². The normalized spacial score (nSPS) is 20.5. The van der Waals surface area contributed by atoms with Crippen molar-refractivity contribution in [2.45, 2.75) is 18.9 Å². The lowest BCUT2D eigenvalue weighted by molar-refractivity contribution is -0.386. The molecule has 0 saturated heterocycles. The van der Waals surface area contributed by atoms with Crippen LogP contribution in [-0.2, 0) is 0 Å². The molecule has 0 spiro atoms. The zero-order chi connectivity index (χ0) is 15.4. The Morgan fingerprint density at radius 2 is 2.14 bits per heavy atom. The van der Waals surface area contributed by atoms with Gasteiger partial charge >= 0.3 is 5.69 Å². The van der Waals surface area contributed by atoms with Gasteiger partial charge in [0.1, 0.15) is 0 Å². The molecule has 1 aliphatic rings. The molecule has 7 nitrogen and oxygen atoms in total. The second-order valence-corrected chi connectivity index (χ2v) is 5.15. The first-order valence-corrected chi connectivity index (χ1v) is 6.87. The van der Waals surface area contributed by atoms with Gasteiger partial charge < -0.3 is 15.4 Å². The Labute approximate surface area is 122 Å². The van der Waals surface area contributed by atoms with Crippen molar-refractivity contribution in [2.24, 2.45) is 5.92 Å². The number of nitro benzene ring substituents is 1. The number of hydrogen-bond acceptors (Lipinski definition) is 5. The van der Waals surface area contributed by atoms with Crippen LogP contribution in [0.15, 0.2) is 18.2 Å². The maximum absolute atomic E-state index is 11.5. The van der Waals surface area contributed by atoms with E-state index in [-0.39, 0.29) is 29.0 Å². The molecule has 0 bridgehead atoms. The number of nitrogens with zero attached hydrogens (tertiary/aromatic N) is 1. The number of amides is 1. The summed E-state index contributed by atoms with van der Waals surface area (Å²) in [6.45, 7) is 0.928. The standard InChI is InChI=1S/C14H19N3O4/c1-15-8-9-5-11(6-9)21-13-4-3-10(14(18)16-2)7-12(13)17(19)20/h3-4,7,9,11,15H,5-6,8H2,1-2H3,(H,16,18). The molecule has 1 aromatic rings.